The van der Waals surface area contributed by atoms with Crippen LogP contribution in [0, 0.1) is 0 Å². The third-order valence-corrected chi connectivity index (χ3v) is 1.84. The van der Waals surface area contributed by atoms with Crippen molar-refractivity contribution in [3.63, 3.8) is 0 Å². The summed E-state index contributed by atoms with van der Waals surface area (Å²) in [5.41, 5.74) is -2.24. The zero-order valence-electron chi connectivity index (χ0n) is 7.86. The summed E-state index contributed by atoms with van der Waals surface area (Å²) in [6.45, 7) is 0. The third kappa shape index (κ3) is 4.75. The Bertz CT molecular complexity index is 260. The fourth-order valence-corrected chi connectivity index (χ4v) is 1.40. The lowest BCUT2D eigenvalue weighted by Gasteiger charge is -2.32. The van der Waals surface area contributed by atoms with Crippen LogP contribution in [0.5, 0.6) is 0 Å². The molecule has 0 aromatic carbocycles. The van der Waals surface area contributed by atoms with Crippen molar-refractivity contribution in [3.8, 4) is 0 Å². The predicted molar refractivity (Wildman–Crippen MR) is 58.1 cm³/mol. The van der Waals surface area contributed by atoms with Crippen LogP contribution < -0.4 is 0 Å². The molecule has 16 heavy (non-hydrogen) atoms. The van der Waals surface area contributed by atoms with Gasteiger partial charge >= 0.3 is 11.9 Å². The molecule has 9 heteroatoms. The molecule has 0 saturated heterocycles. The van der Waals surface area contributed by atoms with Gasteiger partial charge in [0.1, 0.15) is 0 Å². The lowest BCUT2D eigenvalue weighted by Crippen LogP contribution is -2.49. The molecule has 0 saturated carbocycles. The topological polar surface area (TPSA) is 124 Å². The van der Waals surface area contributed by atoms with Gasteiger partial charge in [0.15, 0.2) is 11.9 Å². The van der Waals surface area contributed by atoms with Crippen molar-refractivity contribution in [2.45, 2.75) is 24.7 Å². The van der Waals surface area contributed by atoms with Crippen LogP contribution in [-0.4, -0.2) is 48.6 Å². The number of carboxylic acids is 2. The molecule has 0 aliphatic heterocycles. The van der Waals surface area contributed by atoms with E-state index in [1.807, 2.05) is 0 Å². The van der Waals surface area contributed by atoms with Gasteiger partial charge in [-0.15, -0.1) is 0 Å². The van der Waals surface area contributed by atoms with E-state index in [1.54, 1.807) is 0 Å². The average molecular weight is 270 g/mol. The van der Waals surface area contributed by atoms with E-state index in [9.17, 15) is 9.59 Å². The van der Waals surface area contributed by atoms with E-state index in [0.717, 1.165) is 0 Å². The van der Waals surface area contributed by atoms with E-state index in [2.05, 4.69) is 29.6 Å². The van der Waals surface area contributed by atoms with Gasteiger partial charge in [0.05, 0.1) is 12.8 Å². The number of aliphatic carboxylic acids is 2. The van der Waals surface area contributed by atoms with Gasteiger partial charge in [-0.25, -0.2) is 0 Å². The van der Waals surface area contributed by atoms with Crippen LogP contribution in [0.2, 0.25) is 0 Å². The summed E-state index contributed by atoms with van der Waals surface area (Å²) in [4.78, 5) is 21.0. The van der Waals surface area contributed by atoms with Gasteiger partial charge in [0, 0.05) is 0 Å². The van der Waals surface area contributed by atoms with Crippen LogP contribution in [0.15, 0.2) is 0 Å². The van der Waals surface area contributed by atoms with Crippen LogP contribution in [0.1, 0.15) is 12.8 Å². The smallest absolute Gasteiger partial charge is 0.307 e. The third-order valence-electron chi connectivity index (χ3n) is 1.66. The molecule has 0 aliphatic carbocycles. The maximum absolute atomic E-state index is 10.5. The first-order valence-corrected chi connectivity index (χ1v) is 4.77. The van der Waals surface area contributed by atoms with Crippen molar-refractivity contribution in [2.24, 2.45) is 0 Å². The van der Waals surface area contributed by atoms with E-state index in [0.29, 0.717) is 0 Å². The Morgan fingerprint density at radius 3 is 1.81 bits per heavy atom. The van der Waals surface area contributed by atoms with Crippen molar-refractivity contribution in [1.29, 1.82) is 0 Å². The highest BCUT2D eigenvalue weighted by Crippen LogP contribution is 2.26. The number of carboxylic acid groups (broad SMARTS) is 2. The van der Waals surface area contributed by atoms with E-state index < -0.39 is 41.1 Å². The maximum Gasteiger partial charge on any atom is 0.307 e. The van der Waals surface area contributed by atoms with Crippen LogP contribution in [0.4, 0.5) is 0 Å². The number of aliphatic hydroxyl groups excluding tert-OH is 1. The maximum atomic E-state index is 10.5. The molecule has 0 bridgehead atoms. The Morgan fingerprint density at radius 1 is 1.25 bits per heavy atom. The number of thiocarbonyl (C=S) groups is 1. The molecular formula is C7H10O7S2. The summed E-state index contributed by atoms with van der Waals surface area (Å²) in [5.74, 6) is -2.92. The Balaban J connectivity index is 5.10. The lowest BCUT2D eigenvalue weighted by atomic mass is 9.94. The molecule has 0 spiro atoms. The van der Waals surface area contributed by atoms with Crippen LogP contribution in [0.3, 0.4) is 0 Å². The van der Waals surface area contributed by atoms with E-state index in [1.165, 1.54) is 0 Å². The zero-order chi connectivity index (χ0) is 12.9. The van der Waals surface area contributed by atoms with Crippen molar-refractivity contribution < 1.29 is 34.8 Å². The Kier molecular flexibility index (Phi) is 5.65. The number of hydrogen-bond acceptors (Lipinski definition) is 6. The van der Waals surface area contributed by atoms with Crippen LogP contribution in [-0.2, 0) is 14.3 Å². The molecule has 0 aromatic heterocycles. The SMILES string of the molecule is O=C(O)CC(CC(=O)O)(OC(=S)S)C(O)O. The molecule has 0 aromatic rings. The molecular weight excluding hydrogens is 260 g/mol. The number of ether oxygens (including phenoxy) is 1. The van der Waals surface area contributed by atoms with Crippen LogP contribution in [0.25, 0.3) is 0 Å². The first-order chi connectivity index (χ1) is 7.19. The van der Waals surface area contributed by atoms with Crippen molar-refractivity contribution >= 4 is 41.2 Å². The molecule has 0 unspecified atom stereocenters. The largest absolute Gasteiger partial charge is 0.481 e. The Hall–Kier alpha value is -0.900. The molecule has 0 heterocycles. The molecule has 0 amide bonds. The number of thiol groups is 1. The fourth-order valence-electron chi connectivity index (χ4n) is 1.06. The molecule has 0 rings (SSSR count). The fraction of sp³-hybridized carbons (Fsp3) is 0.571. The quantitative estimate of drug-likeness (QED) is 0.242. The second kappa shape index (κ2) is 5.99. The van der Waals surface area contributed by atoms with Gasteiger partial charge < -0.3 is 25.2 Å². The van der Waals surface area contributed by atoms with Gasteiger partial charge in [-0.1, -0.05) is 12.6 Å². The van der Waals surface area contributed by atoms with Crippen molar-refractivity contribution in [3.05, 3.63) is 0 Å². The summed E-state index contributed by atoms with van der Waals surface area (Å²) in [7, 11) is 0. The highest BCUT2D eigenvalue weighted by atomic mass is 32.1. The molecule has 0 fully saturated rings. The van der Waals surface area contributed by atoms with Crippen molar-refractivity contribution in [2.75, 3.05) is 0 Å². The van der Waals surface area contributed by atoms with E-state index in [-0.39, 0.29) is 0 Å². The van der Waals surface area contributed by atoms with Crippen molar-refractivity contribution in [1.82, 2.24) is 0 Å². The second-order valence-electron chi connectivity index (χ2n) is 2.95. The number of rotatable bonds is 6. The Morgan fingerprint density at radius 2 is 1.62 bits per heavy atom. The average Bonchev–Trinajstić information content (AvgIpc) is 1.98. The minimum Gasteiger partial charge on any atom is -0.481 e. The number of carbonyl (C=O) groups is 2. The Labute approximate surface area is 101 Å². The second-order valence-corrected chi connectivity index (χ2v) is 4.03. The summed E-state index contributed by atoms with van der Waals surface area (Å²) in [6, 6.07) is 0. The first-order valence-electron chi connectivity index (χ1n) is 3.91. The standard InChI is InChI=1S/C7H10O7S2/c8-3(9)1-7(5(12)13,2-4(10)11)14-6(15)16/h5,12-13H,1-2H2,(H,8,9)(H,10,11)(H,15,16). The highest BCUT2D eigenvalue weighted by molar-refractivity contribution is 8.10. The molecule has 92 valence electrons. The van der Waals surface area contributed by atoms with Gasteiger partial charge in [-0.2, -0.15) is 0 Å². The first kappa shape index (κ1) is 15.1. The number of hydrogen-bond donors (Lipinski definition) is 5. The summed E-state index contributed by atoms with van der Waals surface area (Å²) in [6.07, 6.45) is -4.18. The van der Waals surface area contributed by atoms with Gasteiger partial charge in [-0.3, -0.25) is 9.59 Å². The monoisotopic (exact) mass is 270 g/mol. The van der Waals surface area contributed by atoms with E-state index >= 15 is 0 Å². The van der Waals surface area contributed by atoms with E-state index in [4.69, 9.17) is 20.4 Å². The summed E-state index contributed by atoms with van der Waals surface area (Å²) < 4.78 is 4.18. The zero-order valence-corrected chi connectivity index (χ0v) is 9.57. The summed E-state index contributed by atoms with van der Waals surface area (Å²) >= 11 is 7.93. The summed E-state index contributed by atoms with van der Waals surface area (Å²) in [5, 5.41) is 35.2. The highest BCUT2D eigenvalue weighted by Gasteiger charge is 2.44. The normalized spacial score (nSPS) is 11.2. The van der Waals surface area contributed by atoms with Gasteiger partial charge in [-0.05, 0) is 12.2 Å². The predicted octanol–water partition coefficient (Wildman–Crippen LogP) is -0.783. The minimum atomic E-state index is -2.32. The molecule has 0 radical (unpaired) electrons. The molecule has 7 nitrogen and oxygen atoms in total. The molecule has 0 aliphatic rings. The minimum absolute atomic E-state index is 0.476. The number of aliphatic hydroxyl groups is 2. The van der Waals surface area contributed by atoms with Crippen LogP contribution >= 0.6 is 24.8 Å². The molecule has 0 atom stereocenters. The lowest BCUT2D eigenvalue weighted by molar-refractivity contribution is -0.193. The molecule has 4 N–H and O–H groups in total. The van der Waals surface area contributed by atoms with Gasteiger partial charge in [0.25, 0.3) is 0 Å². The van der Waals surface area contributed by atoms with Gasteiger partial charge in [0.2, 0.25) is 4.38 Å².